The van der Waals surface area contributed by atoms with Crippen LogP contribution in [0, 0.1) is 6.92 Å². The van der Waals surface area contributed by atoms with Gasteiger partial charge in [0.2, 0.25) is 0 Å². The Morgan fingerprint density at radius 2 is 2.05 bits per heavy atom. The molecule has 3 heteroatoms. The van der Waals surface area contributed by atoms with Gasteiger partial charge in [0.1, 0.15) is 11.5 Å². The number of rotatable bonds is 3. The summed E-state index contributed by atoms with van der Waals surface area (Å²) in [5.41, 5.74) is 1.33. The third kappa shape index (κ3) is 3.20. The molecule has 2 aromatic rings. The fourth-order valence-corrected chi connectivity index (χ4v) is 2.08. The van der Waals surface area contributed by atoms with Crippen molar-refractivity contribution in [2.24, 2.45) is 0 Å². The summed E-state index contributed by atoms with van der Waals surface area (Å²) in [6.45, 7) is 8.95. The van der Waals surface area contributed by atoms with Crippen LogP contribution in [0.15, 0.2) is 64.5 Å². The molecule has 0 aliphatic heterocycles. The maximum Gasteiger partial charge on any atom is 0.344 e. The highest BCUT2D eigenvalue weighted by Gasteiger charge is 2.06. The van der Waals surface area contributed by atoms with E-state index >= 15 is 0 Å². The van der Waals surface area contributed by atoms with Crippen molar-refractivity contribution in [1.82, 2.24) is 0 Å². The molecule has 3 nitrogen and oxygen atoms in total. The Labute approximate surface area is 122 Å². The van der Waals surface area contributed by atoms with Crippen LogP contribution in [0.5, 0.6) is 0 Å². The second-order valence-corrected chi connectivity index (χ2v) is 4.62. The van der Waals surface area contributed by atoms with E-state index in [2.05, 4.69) is 13.2 Å². The van der Waals surface area contributed by atoms with E-state index in [1.807, 2.05) is 31.2 Å². The number of aliphatic hydroxyl groups is 1. The number of hydrogen-bond acceptors (Lipinski definition) is 3. The lowest BCUT2D eigenvalue weighted by molar-refractivity contribution is 0.443. The monoisotopic (exact) mass is 280 g/mol. The zero-order valence-corrected chi connectivity index (χ0v) is 11.8. The van der Waals surface area contributed by atoms with Crippen LogP contribution in [0.25, 0.3) is 23.5 Å². The van der Waals surface area contributed by atoms with Gasteiger partial charge in [-0.05, 0) is 29.8 Å². The molecule has 0 radical (unpaired) electrons. The summed E-state index contributed by atoms with van der Waals surface area (Å²) in [5, 5.41) is 10.2. The SMILES string of the molecule is C=C/C=c1/cc(-c2ccccc2C)oc(=O)/c1=C/C(=C)O. The van der Waals surface area contributed by atoms with Gasteiger partial charge in [0.15, 0.2) is 0 Å². The second kappa shape index (κ2) is 6.09. The van der Waals surface area contributed by atoms with Crippen molar-refractivity contribution in [3.8, 4) is 11.3 Å². The standard InChI is InChI=1S/C18H16O3/c1-4-7-14-11-17(15-9-6-5-8-12(15)2)21-18(20)16(14)10-13(3)19/h4-11,19H,1,3H2,2H3/b14-7-,16-10+. The Hall–Kier alpha value is -2.81. The lowest BCUT2D eigenvalue weighted by Crippen LogP contribution is -2.38. The van der Waals surface area contributed by atoms with E-state index in [1.165, 1.54) is 6.08 Å². The summed E-state index contributed by atoms with van der Waals surface area (Å²) in [4.78, 5) is 12.2. The van der Waals surface area contributed by atoms with Gasteiger partial charge in [-0.2, -0.15) is 0 Å². The van der Waals surface area contributed by atoms with Gasteiger partial charge in [-0.25, -0.2) is 4.79 Å². The smallest absolute Gasteiger partial charge is 0.344 e. The normalized spacial score (nSPS) is 12.4. The number of aryl methyl sites for hydroxylation is 1. The number of aliphatic hydroxyl groups excluding tert-OH is 1. The van der Waals surface area contributed by atoms with E-state index in [9.17, 15) is 9.90 Å². The molecule has 0 amide bonds. The summed E-state index contributed by atoms with van der Waals surface area (Å²) in [5.74, 6) is 0.275. The van der Waals surface area contributed by atoms with Crippen molar-refractivity contribution in [1.29, 1.82) is 0 Å². The number of hydrogen-bond donors (Lipinski definition) is 1. The highest BCUT2D eigenvalue weighted by Crippen LogP contribution is 2.19. The van der Waals surface area contributed by atoms with Gasteiger partial charge in [-0.1, -0.05) is 49.6 Å². The van der Waals surface area contributed by atoms with Gasteiger partial charge >= 0.3 is 5.63 Å². The molecule has 0 aliphatic rings. The average Bonchev–Trinajstić information content (AvgIpc) is 2.43. The van der Waals surface area contributed by atoms with Crippen LogP contribution in [-0.4, -0.2) is 5.11 Å². The summed E-state index contributed by atoms with van der Waals surface area (Å²) < 4.78 is 5.37. The average molecular weight is 280 g/mol. The van der Waals surface area contributed by atoms with Gasteiger partial charge in [0.05, 0.1) is 5.22 Å². The molecule has 21 heavy (non-hydrogen) atoms. The predicted octanol–water partition coefficient (Wildman–Crippen LogP) is 2.43. The van der Waals surface area contributed by atoms with Crippen molar-refractivity contribution in [3.63, 3.8) is 0 Å². The van der Waals surface area contributed by atoms with Crippen LogP contribution in [0.4, 0.5) is 0 Å². The van der Waals surface area contributed by atoms with E-state index in [1.54, 1.807) is 18.2 Å². The highest BCUT2D eigenvalue weighted by atomic mass is 16.4. The fraction of sp³-hybridized carbons (Fsp3) is 0.0556. The first-order valence-corrected chi connectivity index (χ1v) is 6.45. The van der Waals surface area contributed by atoms with Gasteiger partial charge in [0, 0.05) is 5.56 Å². The lowest BCUT2D eigenvalue weighted by Gasteiger charge is -2.04. The van der Waals surface area contributed by atoms with Gasteiger partial charge < -0.3 is 9.52 Å². The Kier molecular flexibility index (Phi) is 4.24. The zero-order valence-electron chi connectivity index (χ0n) is 11.8. The molecule has 0 atom stereocenters. The van der Waals surface area contributed by atoms with Gasteiger partial charge in [0.25, 0.3) is 0 Å². The molecule has 2 rings (SSSR count). The van der Waals surface area contributed by atoms with Gasteiger partial charge in [-0.3, -0.25) is 0 Å². The molecule has 1 aromatic carbocycles. The van der Waals surface area contributed by atoms with Gasteiger partial charge in [-0.15, -0.1) is 0 Å². The Morgan fingerprint density at radius 1 is 1.33 bits per heavy atom. The Morgan fingerprint density at radius 3 is 2.67 bits per heavy atom. The summed E-state index contributed by atoms with van der Waals surface area (Å²) >= 11 is 0. The maximum absolute atomic E-state index is 12.2. The molecule has 0 aliphatic carbocycles. The molecular formula is C18H16O3. The molecule has 106 valence electrons. The number of allylic oxidation sites excluding steroid dienone is 2. The fourth-order valence-electron chi connectivity index (χ4n) is 2.08. The van der Waals surface area contributed by atoms with E-state index in [0.717, 1.165) is 11.1 Å². The molecular weight excluding hydrogens is 264 g/mol. The summed E-state index contributed by atoms with van der Waals surface area (Å²) in [6.07, 6.45) is 4.55. The van der Waals surface area contributed by atoms with Crippen LogP contribution in [0.1, 0.15) is 5.56 Å². The number of benzene rings is 1. The zero-order chi connectivity index (χ0) is 15.4. The molecule has 0 bridgehead atoms. The Bertz CT molecular complexity index is 870. The van der Waals surface area contributed by atoms with Crippen LogP contribution < -0.4 is 16.1 Å². The van der Waals surface area contributed by atoms with Crippen LogP contribution in [0.2, 0.25) is 0 Å². The van der Waals surface area contributed by atoms with E-state index in [-0.39, 0.29) is 11.0 Å². The molecule has 0 unspecified atom stereocenters. The third-order valence-electron chi connectivity index (χ3n) is 3.04. The van der Waals surface area contributed by atoms with Crippen molar-refractivity contribution in [3.05, 3.63) is 81.7 Å². The minimum Gasteiger partial charge on any atom is -0.509 e. The van der Waals surface area contributed by atoms with Crippen molar-refractivity contribution in [2.45, 2.75) is 6.92 Å². The summed E-state index contributed by atoms with van der Waals surface area (Å²) in [7, 11) is 0. The van der Waals surface area contributed by atoms with E-state index in [4.69, 9.17) is 4.42 Å². The molecule has 0 spiro atoms. The predicted molar refractivity (Wildman–Crippen MR) is 85.3 cm³/mol. The Balaban J connectivity index is 2.84. The molecule has 0 saturated carbocycles. The van der Waals surface area contributed by atoms with Crippen molar-refractivity contribution >= 4 is 12.2 Å². The minimum atomic E-state index is -0.529. The third-order valence-corrected chi connectivity index (χ3v) is 3.04. The van der Waals surface area contributed by atoms with Crippen molar-refractivity contribution in [2.75, 3.05) is 0 Å². The minimum absolute atomic E-state index is 0.204. The molecule has 0 saturated heterocycles. The largest absolute Gasteiger partial charge is 0.509 e. The van der Waals surface area contributed by atoms with Crippen molar-refractivity contribution < 1.29 is 9.52 Å². The van der Waals surface area contributed by atoms with Crippen LogP contribution in [0.3, 0.4) is 0 Å². The quantitative estimate of drug-likeness (QED) is 0.879. The van der Waals surface area contributed by atoms with Crippen LogP contribution in [-0.2, 0) is 0 Å². The molecule has 0 fully saturated rings. The lowest BCUT2D eigenvalue weighted by atomic mass is 10.1. The first-order chi connectivity index (χ1) is 10.0. The van der Waals surface area contributed by atoms with Crippen LogP contribution >= 0.6 is 0 Å². The molecule has 1 N–H and O–H groups in total. The first kappa shape index (κ1) is 14.6. The summed E-state index contributed by atoms with van der Waals surface area (Å²) in [6, 6.07) is 9.39. The van der Waals surface area contributed by atoms with E-state index in [0.29, 0.717) is 11.0 Å². The molecule has 1 heterocycles. The topological polar surface area (TPSA) is 50.4 Å². The second-order valence-electron chi connectivity index (χ2n) is 4.62. The van der Waals surface area contributed by atoms with E-state index < -0.39 is 5.63 Å². The maximum atomic E-state index is 12.2. The highest BCUT2D eigenvalue weighted by molar-refractivity contribution is 5.62. The molecule has 1 aromatic heterocycles. The first-order valence-electron chi connectivity index (χ1n) is 6.45.